The first-order valence-corrected chi connectivity index (χ1v) is 6.94. The van der Waals surface area contributed by atoms with Crippen molar-refractivity contribution in [3.8, 4) is 0 Å². The number of ether oxygens (including phenoxy) is 1. The van der Waals surface area contributed by atoms with Gasteiger partial charge in [0.15, 0.2) is 0 Å². The summed E-state index contributed by atoms with van der Waals surface area (Å²) in [6.07, 6.45) is 3.52. The van der Waals surface area contributed by atoms with Gasteiger partial charge in [-0.2, -0.15) is 0 Å². The van der Waals surface area contributed by atoms with Gasteiger partial charge in [-0.1, -0.05) is 45.8 Å². The fourth-order valence-corrected chi connectivity index (χ4v) is 3.21. The predicted octanol–water partition coefficient (Wildman–Crippen LogP) is 3.73. The zero-order valence-corrected chi connectivity index (χ0v) is 11.4. The topological polar surface area (TPSA) is 9.23 Å². The molecule has 1 nitrogen and oxygen atoms in total. The minimum Gasteiger partial charge on any atom is -0.381 e. The molecule has 0 bridgehead atoms. The summed E-state index contributed by atoms with van der Waals surface area (Å²) in [5.41, 5.74) is 2.79. The normalized spacial score (nSPS) is 19.6. The third-order valence-electron chi connectivity index (χ3n) is 3.29. The molecule has 1 fully saturated rings. The maximum Gasteiger partial charge on any atom is 0.0469 e. The van der Waals surface area contributed by atoms with Gasteiger partial charge >= 0.3 is 0 Å². The van der Waals surface area contributed by atoms with Gasteiger partial charge in [0, 0.05) is 18.0 Å². The van der Waals surface area contributed by atoms with Crippen molar-refractivity contribution < 1.29 is 4.74 Å². The molecular weight excluding hydrogens is 264 g/mol. The summed E-state index contributed by atoms with van der Waals surface area (Å²) in [4.78, 5) is 0.596. The van der Waals surface area contributed by atoms with Crippen LogP contribution in [-0.2, 0) is 11.2 Å². The van der Waals surface area contributed by atoms with Gasteiger partial charge < -0.3 is 4.74 Å². The van der Waals surface area contributed by atoms with Crippen LogP contribution in [0.1, 0.15) is 24.0 Å². The zero-order chi connectivity index (χ0) is 11.4. The molecule has 0 amide bonds. The number of hydrogen-bond acceptors (Lipinski definition) is 1. The lowest BCUT2D eigenvalue weighted by Gasteiger charge is -2.26. The molecule has 0 saturated carbocycles. The van der Waals surface area contributed by atoms with Crippen molar-refractivity contribution in [2.24, 2.45) is 5.92 Å². The van der Waals surface area contributed by atoms with Crippen molar-refractivity contribution in [1.29, 1.82) is 0 Å². The van der Waals surface area contributed by atoms with Crippen molar-refractivity contribution >= 4 is 15.9 Å². The smallest absolute Gasteiger partial charge is 0.0469 e. The van der Waals surface area contributed by atoms with E-state index < -0.39 is 0 Å². The lowest BCUT2D eigenvalue weighted by molar-refractivity contribution is 0.0662. The van der Waals surface area contributed by atoms with E-state index in [0.717, 1.165) is 25.6 Å². The van der Waals surface area contributed by atoms with E-state index in [9.17, 15) is 0 Å². The summed E-state index contributed by atoms with van der Waals surface area (Å²) in [5, 5.41) is 0. The van der Waals surface area contributed by atoms with Crippen LogP contribution < -0.4 is 0 Å². The zero-order valence-electron chi connectivity index (χ0n) is 9.79. The monoisotopic (exact) mass is 282 g/mol. The maximum atomic E-state index is 5.40. The number of aryl methyl sites for hydroxylation is 1. The Morgan fingerprint density at radius 2 is 2.12 bits per heavy atom. The second-order valence-electron chi connectivity index (χ2n) is 4.66. The van der Waals surface area contributed by atoms with Gasteiger partial charge in [-0.25, -0.2) is 0 Å². The van der Waals surface area contributed by atoms with Crippen LogP contribution in [0.2, 0.25) is 0 Å². The highest BCUT2D eigenvalue weighted by molar-refractivity contribution is 9.09. The lowest BCUT2D eigenvalue weighted by Crippen LogP contribution is -2.24. The Bertz CT molecular complexity index is 331. The first-order valence-electron chi connectivity index (χ1n) is 6.03. The molecule has 1 aliphatic rings. The second-order valence-corrected chi connectivity index (χ2v) is 5.84. The summed E-state index contributed by atoms with van der Waals surface area (Å²) in [7, 11) is 0. The van der Waals surface area contributed by atoms with Crippen molar-refractivity contribution in [3.05, 3.63) is 35.4 Å². The SMILES string of the molecule is Cc1cccc(CC(Br)C2CCOCC2)c1. The molecule has 1 heterocycles. The van der Waals surface area contributed by atoms with Crippen LogP contribution in [0.4, 0.5) is 0 Å². The molecule has 1 unspecified atom stereocenters. The Hall–Kier alpha value is -0.340. The molecule has 1 atom stereocenters. The summed E-state index contributed by atoms with van der Waals surface area (Å²) in [6, 6.07) is 8.81. The average Bonchev–Trinajstić information content (AvgIpc) is 2.30. The number of alkyl halides is 1. The van der Waals surface area contributed by atoms with E-state index in [1.165, 1.54) is 24.0 Å². The molecule has 1 aromatic carbocycles. The fourth-order valence-electron chi connectivity index (χ4n) is 2.31. The van der Waals surface area contributed by atoms with E-state index >= 15 is 0 Å². The van der Waals surface area contributed by atoms with Crippen molar-refractivity contribution in [1.82, 2.24) is 0 Å². The van der Waals surface area contributed by atoms with Crippen LogP contribution in [0.15, 0.2) is 24.3 Å². The Morgan fingerprint density at radius 1 is 1.38 bits per heavy atom. The molecule has 0 spiro atoms. The van der Waals surface area contributed by atoms with Gasteiger partial charge in [0.2, 0.25) is 0 Å². The molecule has 1 aromatic rings. The minimum absolute atomic E-state index is 0.596. The van der Waals surface area contributed by atoms with Gasteiger partial charge in [-0.05, 0) is 37.7 Å². The number of benzene rings is 1. The fraction of sp³-hybridized carbons (Fsp3) is 0.571. The number of hydrogen-bond donors (Lipinski definition) is 0. The van der Waals surface area contributed by atoms with Crippen LogP contribution in [-0.4, -0.2) is 18.0 Å². The number of halogens is 1. The van der Waals surface area contributed by atoms with E-state index in [2.05, 4.69) is 47.1 Å². The maximum absolute atomic E-state index is 5.40. The first-order chi connectivity index (χ1) is 7.75. The van der Waals surface area contributed by atoms with E-state index in [-0.39, 0.29) is 0 Å². The molecule has 1 aliphatic heterocycles. The van der Waals surface area contributed by atoms with E-state index in [1.807, 2.05) is 0 Å². The largest absolute Gasteiger partial charge is 0.381 e. The molecule has 1 saturated heterocycles. The molecule has 88 valence electrons. The third-order valence-corrected chi connectivity index (χ3v) is 4.36. The highest BCUT2D eigenvalue weighted by Gasteiger charge is 2.21. The Balaban J connectivity index is 1.93. The molecule has 0 aliphatic carbocycles. The number of rotatable bonds is 3. The Kier molecular flexibility index (Phi) is 4.42. The van der Waals surface area contributed by atoms with Crippen molar-refractivity contribution in [3.63, 3.8) is 0 Å². The highest BCUT2D eigenvalue weighted by atomic mass is 79.9. The first kappa shape index (κ1) is 12.1. The van der Waals surface area contributed by atoms with Gasteiger partial charge in [-0.15, -0.1) is 0 Å². The van der Waals surface area contributed by atoms with Gasteiger partial charge in [-0.3, -0.25) is 0 Å². The van der Waals surface area contributed by atoms with Gasteiger partial charge in [0.25, 0.3) is 0 Å². The summed E-state index contributed by atoms with van der Waals surface area (Å²) >= 11 is 3.85. The van der Waals surface area contributed by atoms with Crippen LogP contribution in [0.5, 0.6) is 0 Å². The van der Waals surface area contributed by atoms with E-state index in [1.54, 1.807) is 0 Å². The molecule has 2 rings (SSSR count). The molecule has 0 N–H and O–H groups in total. The van der Waals surface area contributed by atoms with Crippen molar-refractivity contribution in [2.75, 3.05) is 13.2 Å². The summed E-state index contributed by atoms with van der Waals surface area (Å²) in [6.45, 7) is 4.02. The Morgan fingerprint density at radius 3 is 2.81 bits per heavy atom. The van der Waals surface area contributed by atoms with Crippen LogP contribution in [0, 0.1) is 12.8 Å². The molecule has 16 heavy (non-hydrogen) atoms. The molecule has 0 aromatic heterocycles. The summed E-state index contributed by atoms with van der Waals surface area (Å²) in [5.74, 6) is 0.772. The average molecular weight is 283 g/mol. The highest BCUT2D eigenvalue weighted by Crippen LogP contribution is 2.27. The van der Waals surface area contributed by atoms with Crippen LogP contribution >= 0.6 is 15.9 Å². The van der Waals surface area contributed by atoms with Crippen molar-refractivity contribution in [2.45, 2.75) is 31.0 Å². The molecular formula is C14H19BrO. The lowest BCUT2D eigenvalue weighted by atomic mass is 9.92. The van der Waals surface area contributed by atoms with Gasteiger partial charge in [0.1, 0.15) is 0 Å². The quantitative estimate of drug-likeness (QED) is 0.768. The molecule has 0 radical (unpaired) electrons. The second kappa shape index (κ2) is 5.83. The van der Waals surface area contributed by atoms with Gasteiger partial charge in [0.05, 0.1) is 0 Å². The standard InChI is InChI=1S/C14H19BrO/c1-11-3-2-4-12(9-11)10-14(15)13-5-7-16-8-6-13/h2-4,9,13-14H,5-8,10H2,1H3. The van der Waals surface area contributed by atoms with E-state index in [4.69, 9.17) is 4.74 Å². The third kappa shape index (κ3) is 3.33. The molecule has 2 heteroatoms. The minimum atomic E-state index is 0.596. The van der Waals surface area contributed by atoms with Crippen LogP contribution in [0.3, 0.4) is 0 Å². The predicted molar refractivity (Wildman–Crippen MR) is 71.1 cm³/mol. The summed E-state index contributed by atoms with van der Waals surface area (Å²) < 4.78 is 5.40. The van der Waals surface area contributed by atoms with Crippen LogP contribution in [0.25, 0.3) is 0 Å². The van der Waals surface area contributed by atoms with E-state index in [0.29, 0.717) is 4.83 Å². The Labute approximate surface area is 106 Å².